The van der Waals surface area contributed by atoms with Gasteiger partial charge in [-0.15, -0.1) is 6.58 Å². The lowest BCUT2D eigenvalue weighted by Crippen LogP contribution is -2.26. The highest BCUT2D eigenvalue weighted by Gasteiger charge is 2.17. The van der Waals surface area contributed by atoms with Gasteiger partial charge >= 0.3 is 0 Å². The van der Waals surface area contributed by atoms with Crippen molar-refractivity contribution in [1.29, 1.82) is 0 Å². The Morgan fingerprint density at radius 1 is 1.00 bits per heavy atom. The van der Waals surface area contributed by atoms with Crippen LogP contribution in [0.1, 0.15) is 33.1 Å². The van der Waals surface area contributed by atoms with Gasteiger partial charge in [0.2, 0.25) is 0 Å². The maximum absolute atomic E-state index is 5.68. The van der Waals surface area contributed by atoms with Crippen LogP contribution in [0.4, 0.5) is 0 Å². The number of nitrogens with two attached hydrogens (primary N) is 1. The van der Waals surface area contributed by atoms with E-state index < -0.39 is 0 Å². The first-order chi connectivity index (χ1) is 9.18. The summed E-state index contributed by atoms with van der Waals surface area (Å²) in [6.45, 7) is 12.7. The molecule has 0 bridgehead atoms. The summed E-state index contributed by atoms with van der Waals surface area (Å²) >= 11 is 0. The van der Waals surface area contributed by atoms with Crippen LogP contribution in [0, 0.1) is 5.41 Å². The molecule has 0 rings (SSSR count). The highest BCUT2D eigenvalue weighted by atomic mass is 16.5. The minimum absolute atomic E-state index is 0.0199. The number of hydrogen-bond donors (Lipinski definition) is 1. The number of unbranched alkanes of at least 4 members (excludes halogenated alkanes) is 1. The van der Waals surface area contributed by atoms with E-state index in [0.717, 1.165) is 19.4 Å². The first-order valence-corrected chi connectivity index (χ1v) is 7.25. The summed E-state index contributed by atoms with van der Waals surface area (Å²) < 4.78 is 16.3. The Balaban J connectivity index is 3.21. The summed E-state index contributed by atoms with van der Waals surface area (Å²) in [5.74, 6) is 0. The zero-order chi connectivity index (χ0) is 14.4. The van der Waals surface area contributed by atoms with E-state index in [1.165, 1.54) is 6.42 Å². The minimum atomic E-state index is -0.0199. The summed E-state index contributed by atoms with van der Waals surface area (Å²) in [6, 6.07) is 0. The molecule has 0 aromatic carbocycles. The van der Waals surface area contributed by atoms with Crippen LogP contribution in [0.3, 0.4) is 0 Å². The van der Waals surface area contributed by atoms with Crippen LogP contribution in [-0.2, 0) is 14.2 Å². The first-order valence-electron chi connectivity index (χ1n) is 7.25. The van der Waals surface area contributed by atoms with Crippen molar-refractivity contribution < 1.29 is 14.2 Å². The van der Waals surface area contributed by atoms with Crippen LogP contribution in [-0.4, -0.2) is 46.2 Å². The Hall–Kier alpha value is -0.420. The number of rotatable bonds is 14. The molecule has 4 heteroatoms. The molecule has 1 atom stereocenters. The van der Waals surface area contributed by atoms with Crippen molar-refractivity contribution >= 4 is 0 Å². The van der Waals surface area contributed by atoms with E-state index in [2.05, 4.69) is 20.4 Å². The largest absolute Gasteiger partial charge is 0.379 e. The topological polar surface area (TPSA) is 53.7 Å². The van der Waals surface area contributed by atoms with Gasteiger partial charge < -0.3 is 19.9 Å². The Morgan fingerprint density at radius 2 is 1.53 bits per heavy atom. The molecule has 0 fully saturated rings. The van der Waals surface area contributed by atoms with Gasteiger partial charge in [0.1, 0.15) is 0 Å². The normalized spacial score (nSPS) is 14.3. The predicted octanol–water partition coefficient (Wildman–Crippen LogP) is 2.38. The zero-order valence-corrected chi connectivity index (χ0v) is 12.7. The van der Waals surface area contributed by atoms with Crippen LogP contribution >= 0.6 is 0 Å². The van der Waals surface area contributed by atoms with Crippen LogP contribution < -0.4 is 5.73 Å². The molecule has 0 saturated heterocycles. The van der Waals surface area contributed by atoms with Crippen molar-refractivity contribution in [2.75, 3.05) is 46.2 Å². The standard InChI is InChI=1S/C15H31NO3/c1-4-6-8-17-10-12-19-13-11-18-9-7-15(3,5-2)14-16/h5H,2,4,6-14,16H2,1,3H3. The van der Waals surface area contributed by atoms with Gasteiger partial charge in [-0.25, -0.2) is 0 Å². The molecule has 0 aromatic rings. The van der Waals surface area contributed by atoms with Gasteiger partial charge in [-0.2, -0.15) is 0 Å². The molecule has 0 aliphatic carbocycles. The van der Waals surface area contributed by atoms with E-state index in [1.54, 1.807) is 0 Å². The molecule has 0 heterocycles. The maximum Gasteiger partial charge on any atom is 0.0701 e. The highest BCUT2D eigenvalue weighted by molar-refractivity contribution is 4.91. The average Bonchev–Trinajstić information content (AvgIpc) is 2.44. The van der Waals surface area contributed by atoms with E-state index in [9.17, 15) is 0 Å². The van der Waals surface area contributed by atoms with Crippen molar-refractivity contribution in [1.82, 2.24) is 0 Å². The molecule has 0 spiro atoms. The summed E-state index contributed by atoms with van der Waals surface area (Å²) in [5, 5.41) is 0. The van der Waals surface area contributed by atoms with Crippen LogP contribution in [0.25, 0.3) is 0 Å². The van der Waals surface area contributed by atoms with Crippen LogP contribution in [0.5, 0.6) is 0 Å². The van der Waals surface area contributed by atoms with E-state index in [0.29, 0.717) is 39.6 Å². The van der Waals surface area contributed by atoms with E-state index in [-0.39, 0.29) is 5.41 Å². The van der Waals surface area contributed by atoms with Crippen molar-refractivity contribution in [2.45, 2.75) is 33.1 Å². The second-order valence-corrected chi connectivity index (χ2v) is 5.00. The second kappa shape index (κ2) is 12.6. The third kappa shape index (κ3) is 11.1. The van der Waals surface area contributed by atoms with Crippen LogP contribution in [0.15, 0.2) is 12.7 Å². The predicted molar refractivity (Wildman–Crippen MR) is 79.3 cm³/mol. The SMILES string of the molecule is C=CC(C)(CN)CCOCCOCCOCCCC. The average molecular weight is 273 g/mol. The summed E-state index contributed by atoms with van der Waals surface area (Å²) in [4.78, 5) is 0. The van der Waals surface area contributed by atoms with Crippen molar-refractivity contribution in [3.05, 3.63) is 12.7 Å². The number of hydrogen-bond acceptors (Lipinski definition) is 4. The quantitative estimate of drug-likeness (QED) is 0.390. The Labute approximate surface area is 118 Å². The van der Waals surface area contributed by atoms with Crippen molar-refractivity contribution in [3.8, 4) is 0 Å². The molecule has 0 amide bonds. The lowest BCUT2D eigenvalue weighted by atomic mass is 9.88. The lowest BCUT2D eigenvalue weighted by molar-refractivity contribution is 0.0106. The summed E-state index contributed by atoms with van der Waals surface area (Å²) in [7, 11) is 0. The van der Waals surface area contributed by atoms with Crippen molar-refractivity contribution in [3.63, 3.8) is 0 Å². The molecule has 114 valence electrons. The van der Waals surface area contributed by atoms with Gasteiger partial charge in [0, 0.05) is 19.8 Å². The molecule has 0 aromatic heterocycles. The molecular weight excluding hydrogens is 242 g/mol. The maximum atomic E-state index is 5.68. The monoisotopic (exact) mass is 273 g/mol. The van der Waals surface area contributed by atoms with Crippen LogP contribution in [0.2, 0.25) is 0 Å². The molecule has 2 N–H and O–H groups in total. The van der Waals surface area contributed by atoms with Crippen molar-refractivity contribution in [2.24, 2.45) is 11.1 Å². The molecule has 0 aliphatic heterocycles. The van der Waals surface area contributed by atoms with Gasteiger partial charge in [-0.1, -0.05) is 26.3 Å². The van der Waals surface area contributed by atoms with Gasteiger partial charge in [0.05, 0.1) is 26.4 Å². The first kappa shape index (κ1) is 18.6. The fourth-order valence-corrected chi connectivity index (χ4v) is 1.38. The third-order valence-corrected chi connectivity index (χ3v) is 3.16. The minimum Gasteiger partial charge on any atom is -0.379 e. The molecular formula is C15H31NO3. The Morgan fingerprint density at radius 3 is 2.00 bits per heavy atom. The van der Waals surface area contributed by atoms with E-state index >= 15 is 0 Å². The van der Waals surface area contributed by atoms with Gasteiger partial charge in [-0.3, -0.25) is 0 Å². The second-order valence-electron chi connectivity index (χ2n) is 5.00. The smallest absolute Gasteiger partial charge is 0.0701 e. The van der Waals surface area contributed by atoms with Gasteiger partial charge in [0.25, 0.3) is 0 Å². The Bertz CT molecular complexity index is 212. The van der Waals surface area contributed by atoms with E-state index in [1.807, 2.05) is 6.08 Å². The molecule has 19 heavy (non-hydrogen) atoms. The van der Waals surface area contributed by atoms with Gasteiger partial charge in [0.15, 0.2) is 0 Å². The highest BCUT2D eigenvalue weighted by Crippen LogP contribution is 2.20. The van der Waals surface area contributed by atoms with E-state index in [4.69, 9.17) is 19.9 Å². The lowest BCUT2D eigenvalue weighted by Gasteiger charge is -2.23. The van der Waals surface area contributed by atoms with Gasteiger partial charge in [-0.05, 0) is 18.3 Å². The number of ether oxygens (including phenoxy) is 3. The summed E-state index contributed by atoms with van der Waals surface area (Å²) in [6.07, 6.45) is 5.08. The fraction of sp³-hybridized carbons (Fsp3) is 0.867. The molecule has 0 saturated carbocycles. The molecule has 0 radical (unpaired) electrons. The Kier molecular flexibility index (Phi) is 12.3. The fourth-order valence-electron chi connectivity index (χ4n) is 1.38. The third-order valence-electron chi connectivity index (χ3n) is 3.16. The zero-order valence-electron chi connectivity index (χ0n) is 12.7. The molecule has 0 aliphatic rings. The summed E-state index contributed by atoms with van der Waals surface area (Å²) in [5.41, 5.74) is 5.66. The molecule has 4 nitrogen and oxygen atoms in total. The molecule has 1 unspecified atom stereocenters.